The molecule has 0 radical (unpaired) electrons. The lowest BCUT2D eigenvalue weighted by molar-refractivity contribution is -0.129. The number of hydrogen-bond acceptors (Lipinski definition) is 4. The molecule has 1 aliphatic heterocycles. The smallest absolute Gasteiger partial charge is 0.359 e. The molecular formula is C12H17N3O3. The molecule has 1 aliphatic rings. The minimum Gasteiger partial charge on any atom is -0.461 e. The normalized spacial score (nSPS) is 14.3. The van der Waals surface area contributed by atoms with Crippen molar-refractivity contribution in [1.29, 1.82) is 0 Å². The van der Waals surface area contributed by atoms with Crippen LogP contribution in [0.25, 0.3) is 0 Å². The second-order valence-corrected chi connectivity index (χ2v) is 4.31. The van der Waals surface area contributed by atoms with Crippen molar-refractivity contribution < 1.29 is 14.3 Å². The van der Waals surface area contributed by atoms with Gasteiger partial charge in [-0.05, 0) is 6.92 Å². The number of carbonyl (C=O) groups excluding carboxylic acids is 2. The van der Waals surface area contributed by atoms with Crippen molar-refractivity contribution in [2.75, 3.05) is 13.2 Å². The minimum absolute atomic E-state index is 0.0133. The first-order valence-electron chi connectivity index (χ1n) is 6.02. The largest absolute Gasteiger partial charge is 0.461 e. The highest BCUT2D eigenvalue weighted by Gasteiger charge is 2.28. The summed E-state index contributed by atoms with van der Waals surface area (Å²) in [6.45, 7) is 4.72. The van der Waals surface area contributed by atoms with Gasteiger partial charge >= 0.3 is 5.97 Å². The van der Waals surface area contributed by atoms with Crippen LogP contribution in [0.4, 0.5) is 0 Å². The third-order valence-corrected chi connectivity index (χ3v) is 3.16. The Hall–Kier alpha value is -1.85. The number of ether oxygens (including phenoxy) is 1. The minimum atomic E-state index is -0.417. The molecule has 1 aromatic rings. The van der Waals surface area contributed by atoms with Crippen LogP contribution in [0.5, 0.6) is 0 Å². The Morgan fingerprint density at radius 1 is 1.44 bits per heavy atom. The molecule has 6 heteroatoms. The van der Waals surface area contributed by atoms with E-state index in [2.05, 4.69) is 5.10 Å². The Morgan fingerprint density at radius 3 is 2.78 bits per heavy atom. The maximum Gasteiger partial charge on any atom is 0.359 e. The molecule has 18 heavy (non-hydrogen) atoms. The van der Waals surface area contributed by atoms with Crippen LogP contribution in [-0.2, 0) is 29.5 Å². The Labute approximate surface area is 106 Å². The Bertz CT molecular complexity index is 493. The number of nitrogens with zero attached hydrogens (tertiary/aromatic N) is 3. The lowest BCUT2D eigenvalue weighted by Gasteiger charge is -2.26. The van der Waals surface area contributed by atoms with Crippen molar-refractivity contribution in [1.82, 2.24) is 14.7 Å². The van der Waals surface area contributed by atoms with Crippen LogP contribution in [0.2, 0.25) is 0 Å². The third-order valence-electron chi connectivity index (χ3n) is 3.16. The highest BCUT2D eigenvalue weighted by molar-refractivity contribution is 5.89. The van der Waals surface area contributed by atoms with Crippen LogP contribution in [0.1, 0.15) is 35.6 Å². The van der Waals surface area contributed by atoms with Gasteiger partial charge in [0.2, 0.25) is 5.91 Å². The number of carbonyl (C=O) groups is 2. The van der Waals surface area contributed by atoms with Crippen molar-refractivity contribution in [2.45, 2.75) is 26.8 Å². The molecule has 0 N–H and O–H groups in total. The van der Waals surface area contributed by atoms with Crippen molar-refractivity contribution in [2.24, 2.45) is 7.05 Å². The fraction of sp³-hybridized carbons (Fsp3) is 0.583. The van der Waals surface area contributed by atoms with Crippen molar-refractivity contribution >= 4 is 11.9 Å². The molecule has 0 fully saturated rings. The van der Waals surface area contributed by atoms with E-state index in [1.807, 2.05) is 7.05 Å². The number of fused-ring (bicyclic) bond motifs is 1. The summed E-state index contributed by atoms with van der Waals surface area (Å²) in [6.07, 6.45) is 0.720. The number of hydrogen-bond donors (Lipinski definition) is 0. The molecule has 0 bridgehead atoms. The number of esters is 1. The van der Waals surface area contributed by atoms with Gasteiger partial charge < -0.3 is 9.64 Å². The van der Waals surface area contributed by atoms with Gasteiger partial charge in [0.1, 0.15) is 0 Å². The predicted molar refractivity (Wildman–Crippen MR) is 64.0 cm³/mol. The molecule has 0 aromatic carbocycles. The Balaban J connectivity index is 2.34. The van der Waals surface area contributed by atoms with E-state index in [1.165, 1.54) is 6.92 Å². The highest BCUT2D eigenvalue weighted by atomic mass is 16.5. The van der Waals surface area contributed by atoms with Crippen LogP contribution in [-0.4, -0.2) is 39.7 Å². The summed E-state index contributed by atoms with van der Waals surface area (Å²) in [6, 6.07) is 0. The van der Waals surface area contributed by atoms with Gasteiger partial charge in [-0.15, -0.1) is 0 Å². The monoisotopic (exact) mass is 251 g/mol. The van der Waals surface area contributed by atoms with Gasteiger partial charge in [-0.3, -0.25) is 9.48 Å². The molecule has 0 saturated carbocycles. The van der Waals surface area contributed by atoms with Gasteiger partial charge in [0.25, 0.3) is 0 Å². The van der Waals surface area contributed by atoms with Crippen molar-refractivity contribution in [3.8, 4) is 0 Å². The highest BCUT2D eigenvalue weighted by Crippen LogP contribution is 2.22. The molecule has 6 nitrogen and oxygen atoms in total. The average molecular weight is 251 g/mol. The van der Waals surface area contributed by atoms with Gasteiger partial charge in [-0.2, -0.15) is 5.10 Å². The maximum absolute atomic E-state index is 11.8. The van der Waals surface area contributed by atoms with Gasteiger partial charge in [-0.1, -0.05) is 0 Å². The topological polar surface area (TPSA) is 64.4 Å². The molecule has 2 rings (SSSR count). The van der Waals surface area contributed by atoms with Crippen molar-refractivity contribution in [3.63, 3.8) is 0 Å². The standard InChI is InChI=1S/C12H17N3O3/c1-4-18-12(17)11-9-7-15(8(2)16)6-5-10(9)14(3)13-11/h4-7H2,1-3H3. The molecular weight excluding hydrogens is 234 g/mol. The zero-order valence-corrected chi connectivity index (χ0v) is 10.9. The number of aromatic nitrogens is 2. The van der Waals surface area contributed by atoms with Crippen LogP contribution in [0.15, 0.2) is 0 Å². The van der Waals surface area contributed by atoms with E-state index < -0.39 is 5.97 Å². The summed E-state index contributed by atoms with van der Waals surface area (Å²) < 4.78 is 6.69. The second kappa shape index (κ2) is 4.80. The zero-order valence-electron chi connectivity index (χ0n) is 10.9. The van der Waals surface area contributed by atoms with E-state index in [-0.39, 0.29) is 5.91 Å². The molecule has 1 amide bonds. The first-order valence-corrected chi connectivity index (χ1v) is 6.02. The molecule has 2 heterocycles. The van der Waals surface area contributed by atoms with Gasteiger partial charge in [-0.25, -0.2) is 4.79 Å². The van der Waals surface area contributed by atoms with E-state index in [9.17, 15) is 9.59 Å². The molecule has 0 atom stereocenters. The third kappa shape index (κ3) is 2.10. The molecule has 0 aliphatic carbocycles. The quantitative estimate of drug-likeness (QED) is 0.718. The van der Waals surface area contributed by atoms with E-state index >= 15 is 0 Å². The molecule has 1 aromatic heterocycles. The van der Waals surface area contributed by atoms with Crippen LogP contribution in [0, 0.1) is 0 Å². The van der Waals surface area contributed by atoms with Gasteiger partial charge in [0.15, 0.2) is 5.69 Å². The lowest BCUT2D eigenvalue weighted by Crippen LogP contribution is -2.35. The van der Waals surface area contributed by atoms with Crippen LogP contribution >= 0.6 is 0 Å². The second-order valence-electron chi connectivity index (χ2n) is 4.31. The molecule has 98 valence electrons. The first-order chi connectivity index (χ1) is 8.54. The van der Waals surface area contributed by atoms with Crippen molar-refractivity contribution in [3.05, 3.63) is 17.0 Å². The van der Waals surface area contributed by atoms with E-state index in [4.69, 9.17) is 4.74 Å². The summed E-state index contributed by atoms with van der Waals surface area (Å²) in [4.78, 5) is 24.9. The number of amides is 1. The summed E-state index contributed by atoms with van der Waals surface area (Å²) in [7, 11) is 1.81. The summed E-state index contributed by atoms with van der Waals surface area (Å²) in [5, 5.41) is 4.21. The fourth-order valence-corrected chi connectivity index (χ4v) is 2.22. The van der Waals surface area contributed by atoms with Gasteiger partial charge in [0.05, 0.1) is 6.61 Å². The average Bonchev–Trinajstić information content (AvgIpc) is 2.67. The van der Waals surface area contributed by atoms with Gasteiger partial charge in [0, 0.05) is 44.7 Å². The Kier molecular flexibility index (Phi) is 3.36. The number of aryl methyl sites for hydroxylation is 1. The SMILES string of the molecule is CCOC(=O)c1nn(C)c2c1CN(C(C)=O)CC2. The zero-order chi connectivity index (χ0) is 13.3. The number of rotatable bonds is 2. The Morgan fingerprint density at radius 2 is 2.17 bits per heavy atom. The van der Waals surface area contributed by atoms with E-state index in [0.29, 0.717) is 25.4 Å². The van der Waals surface area contributed by atoms with E-state index in [1.54, 1.807) is 16.5 Å². The first kappa shape index (κ1) is 12.6. The molecule has 0 saturated heterocycles. The lowest BCUT2D eigenvalue weighted by atomic mass is 10.1. The maximum atomic E-state index is 11.8. The van der Waals surface area contributed by atoms with E-state index in [0.717, 1.165) is 17.7 Å². The van der Waals surface area contributed by atoms with Crippen LogP contribution < -0.4 is 0 Å². The molecule has 0 spiro atoms. The summed E-state index contributed by atoms with van der Waals surface area (Å²) in [5.74, 6) is -0.404. The molecule has 0 unspecified atom stereocenters. The fourth-order valence-electron chi connectivity index (χ4n) is 2.22. The predicted octanol–water partition coefficient (Wildman–Crippen LogP) is 0.501. The summed E-state index contributed by atoms with van der Waals surface area (Å²) >= 11 is 0. The van der Waals surface area contributed by atoms with Crippen LogP contribution in [0.3, 0.4) is 0 Å². The summed E-state index contributed by atoms with van der Waals surface area (Å²) in [5.41, 5.74) is 2.16.